The maximum Gasteiger partial charge on any atom is 0.408 e. The van der Waals surface area contributed by atoms with Crippen LogP contribution in [0.5, 0.6) is 0 Å². The van der Waals surface area contributed by atoms with E-state index in [-0.39, 0.29) is 12.5 Å². The first kappa shape index (κ1) is 17.9. The van der Waals surface area contributed by atoms with Crippen molar-refractivity contribution in [3.05, 3.63) is 71.8 Å². The summed E-state index contributed by atoms with van der Waals surface area (Å²) in [6, 6.07) is 17.8. The van der Waals surface area contributed by atoms with Gasteiger partial charge in [-0.2, -0.15) is 0 Å². The smallest absolute Gasteiger partial charge is 0.408 e. The van der Waals surface area contributed by atoms with Crippen LogP contribution in [-0.4, -0.2) is 43.2 Å². The minimum Gasteiger partial charge on any atom is -0.445 e. The second kappa shape index (κ2) is 9.01. The van der Waals surface area contributed by atoms with Gasteiger partial charge in [-0.15, -0.1) is 0 Å². The first-order valence-corrected chi connectivity index (χ1v) is 8.63. The third kappa shape index (κ3) is 4.83. The zero-order valence-corrected chi connectivity index (χ0v) is 14.5. The number of nitrogens with one attached hydrogen (secondary N) is 1. The molecule has 1 heterocycles. The molecule has 0 saturated carbocycles. The van der Waals surface area contributed by atoms with Gasteiger partial charge in [0.05, 0.1) is 13.2 Å². The van der Waals surface area contributed by atoms with E-state index in [0.29, 0.717) is 26.3 Å². The summed E-state index contributed by atoms with van der Waals surface area (Å²) in [5.41, 5.74) is 1.61. The van der Waals surface area contributed by atoms with Gasteiger partial charge in [0.25, 0.3) is 0 Å². The Morgan fingerprint density at radius 2 is 1.62 bits per heavy atom. The Labute approximate surface area is 152 Å². The van der Waals surface area contributed by atoms with Crippen molar-refractivity contribution < 1.29 is 19.1 Å². The minimum absolute atomic E-state index is 0.153. The van der Waals surface area contributed by atoms with Gasteiger partial charge in [0.2, 0.25) is 5.91 Å². The highest BCUT2D eigenvalue weighted by Crippen LogP contribution is 2.17. The molecule has 0 radical (unpaired) electrons. The van der Waals surface area contributed by atoms with Gasteiger partial charge in [-0.1, -0.05) is 60.7 Å². The summed E-state index contributed by atoms with van der Waals surface area (Å²) in [6.07, 6.45) is -0.621. The lowest BCUT2D eigenvalue weighted by molar-refractivity contribution is -0.137. The van der Waals surface area contributed by atoms with Crippen molar-refractivity contribution in [3.8, 4) is 0 Å². The van der Waals surface area contributed by atoms with Gasteiger partial charge >= 0.3 is 6.09 Å². The van der Waals surface area contributed by atoms with Crippen molar-refractivity contribution in [2.45, 2.75) is 12.6 Å². The lowest BCUT2D eigenvalue weighted by Crippen LogP contribution is -2.47. The molecule has 0 aliphatic carbocycles. The van der Waals surface area contributed by atoms with Gasteiger partial charge in [0.15, 0.2) is 0 Å². The Bertz CT molecular complexity index is 715. The monoisotopic (exact) mass is 354 g/mol. The van der Waals surface area contributed by atoms with Crippen LogP contribution in [-0.2, 0) is 20.9 Å². The van der Waals surface area contributed by atoms with E-state index < -0.39 is 12.1 Å². The van der Waals surface area contributed by atoms with Gasteiger partial charge in [0.1, 0.15) is 12.6 Å². The summed E-state index contributed by atoms with van der Waals surface area (Å²) < 4.78 is 10.6. The molecule has 2 amide bonds. The van der Waals surface area contributed by atoms with Crippen LogP contribution >= 0.6 is 0 Å². The molecule has 26 heavy (non-hydrogen) atoms. The number of rotatable bonds is 5. The van der Waals surface area contributed by atoms with E-state index in [9.17, 15) is 9.59 Å². The lowest BCUT2D eigenvalue weighted by atomic mass is 10.1. The fraction of sp³-hybridized carbons (Fsp3) is 0.300. The Balaban J connectivity index is 1.67. The van der Waals surface area contributed by atoms with Gasteiger partial charge in [-0.25, -0.2) is 4.79 Å². The highest BCUT2D eigenvalue weighted by atomic mass is 16.5. The van der Waals surface area contributed by atoms with Crippen molar-refractivity contribution >= 4 is 12.0 Å². The van der Waals surface area contributed by atoms with Crippen molar-refractivity contribution in [2.75, 3.05) is 26.3 Å². The third-order valence-electron chi connectivity index (χ3n) is 4.18. The van der Waals surface area contributed by atoms with Crippen molar-refractivity contribution in [1.29, 1.82) is 0 Å². The van der Waals surface area contributed by atoms with Crippen LogP contribution in [0.3, 0.4) is 0 Å². The van der Waals surface area contributed by atoms with Crippen LogP contribution in [0.2, 0.25) is 0 Å². The Morgan fingerprint density at radius 3 is 2.27 bits per heavy atom. The number of benzene rings is 2. The van der Waals surface area contributed by atoms with Crippen LogP contribution in [0.15, 0.2) is 60.7 Å². The Morgan fingerprint density at radius 1 is 1.00 bits per heavy atom. The Kier molecular flexibility index (Phi) is 6.22. The highest BCUT2D eigenvalue weighted by Gasteiger charge is 2.29. The molecule has 1 aliphatic heterocycles. The number of hydrogen-bond acceptors (Lipinski definition) is 4. The lowest BCUT2D eigenvalue weighted by Gasteiger charge is -2.30. The maximum absolute atomic E-state index is 12.9. The van der Waals surface area contributed by atoms with Crippen LogP contribution < -0.4 is 5.32 Å². The second-order valence-corrected chi connectivity index (χ2v) is 5.99. The summed E-state index contributed by atoms with van der Waals surface area (Å²) >= 11 is 0. The predicted molar refractivity (Wildman–Crippen MR) is 96.3 cm³/mol. The molecule has 136 valence electrons. The number of amides is 2. The molecule has 1 unspecified atom stereocenters. The molecule has 6 nitrogen and oxygen atoms in total. The number of carbonyl (C=O) groups excluding carboxylic acids is 2. The summed E-state index contributed by atoms with van der Waals surface area (Å²) in [5.74, 6) is -0.156. The number of nitrogens with zero attached hydrogens (tertiary/aromatic N) is 1. The molecule has 1 atom stereocenters. The standard InChI is InChI=1S/C20H22N2O4/c23-19(22-11-13-25-14-12-22)18(17-9-5-2-6-10-17)21-20(24)26-15-16-7-3-1-4-8-16/h1-10,18H,11-15H2,(H,21,24). The topological polar surface area (TPSA) is 67.9 Å². The quantitative estimate of drug-likeness (QED) is 0.896. The van der Waals surface area contributed by atoms with Crippen molar-refractivity contribution in [2.24, 2.45) is 0 Å². The summed E-state index contributed by atoms with van der Waals surface area (Å²) in [6.45, 7) is 2.20. The van der Waals surface area contributed by atoms with Crippen molar-refractivity contribution in [3.63, 3.8) is 0 Å². The van der Waals surface area contributed by atoms with E-state index in [1.807, 2.05) is 60.7 Å². The Hall–Kier alpha value is -2.86. The fourth-order valence-electron chi connectivity index (χ4n) is 2.78. The molecule has 1 fully saturated rings. The zero-order chi connectivity index (χ0) is 18.2. The first-order valence-electron chi connectivity index (χ1n) is 8.63. The molecule has 1 aliphatic rings. The number of ether oxygens (including phenoxy) is 2. The van der Waals surface area contributed by atoms with E-state index in [1.165, 1.54) is 0 Å². The average Bonchev–Trinajstić information content (AvgIpc) is 2.72. The van der Waals surface area contributed by atoms with E-state index >= 15 is 0 Å². The molecular formula is C20H22N2O4. The van der Waals surface area contributed by atoms with Crippen LogP contribution in [0.4, 0.5) is 4.79 Å². The minimum atomic E-state index is -0.780. The van der Waals surface area contributed by atoms with Crippen LogP contribution in [0.1, 0.15) is 17.2 Å². The molecule has 3 rings (SSSR count). The van der Waals surface area contributed by atoms with Crippen LogP contribution in [0.25, 0.3) is 0 Å². The van der Waals surface area contributed by atoms with Gasteiger partial charge in [-0.05, 0) is 11.1 Å². The van der Waals surface area contributed by atoms with Crippen LogP contribution in [0, 0.1) is 0 Å². The summed E-state index contributed by atoms with van der Waals surface area (Å²) in [7, 11) is 0. The molecule has 1 saturated heterocycles. The largest absolute Gasteiger partial charge is 0.445 e. The van der Waals surface area contributed by atoms with E-state index in [4.69, 9.17) is 9.47 Å². The normalized spacial score (nSPS) is 15.2. The van der Waals surface area contributed by atoms with Gasteiger partial charge in [-0.3, -0.25) is 4.79 Å². The predicted octanol–water partition coefficient (Wildman–Crippen LogP) is 2.51. The first-order chi connectivity index (χ1) is 12.7. The average molecular weight is 354 g/mol. The van der Waals surface area contributed by atoms with E-state index in [1.54, 1.807) is 4.90 Å². The third-order valence-corrected chi connectivity index (χ3v) is 4.18. The molecular weight excluding hydrogens is 332 g/mol. The fourth-order valence-corrected chi connectivity index (χ4v) is 2.78. The number of alkyl carbamates (subject to hydrolysis) is 1. The van der Waals surface area contributed by atoms with Crippen molar-refractivity contribution in [1.82, 2.24) is 10.2 Å². The molecule has 2 aromatic carbocycles. The van der Waals surface area contributed by atoms with E-state index in [2.05, 4.69) is 5.32 Å². The molecule has 6 heteroatoms. The summed E-state index contributed by atoms with van der Waals surface area (Å²) in [5, 5.41) is 2.71. The SMILES string of the molecule is O=C(NC(C(=O)N1CCOCC1)c1ccccc1)OCc1ccccc1. The summed E-state index contributed by atoms with van der Waals surface area (Å²) in [4.78, 5) is 26.9. The molecule has 2 aromatic rings. The molecule has 0 aromatic heterocycles. The highest BCUT2D eigenvalue weighted by molar-refractivity contribution is 5.87. The molecule has 0 spiro atoms. The maximum atomic E-state index is 12.9. The zero-order valence-electron chi connectivity index (χ0n) is 14.5. The molecule has 0 bridgehead atoms. The van der Waals surface area contributed by atoms with Gasteiger partial charge in [0, 0.05) is 13.1 Å². The number of carbonyl (C=O) groups is 2. The van der Waals surface area contributed by atoms with Gasteiger partial charge < -0.3 is 19.7 Å². The molecule has 1 N–H and O–H groups in total. The second-order valence-electron chi connectivity index (χ2n) is 5.99. The number of hydrogen-bond donors (Lipinski definition) is 1. The van der Waals surface area contributed by atoms with E-state index in [0.717, 1.165) is 11.1 Å². The number of morpholine rings is 1.